The van der Waals surface area contributed by atoms with Crippen LogP contribution in [0.4, 0.5) is 0 Å². The summed E-state index contributed by atoms with van der Waals surface area (Å²) in [5.41, 5.74) is 4.93. The zero-order valence-electron chi connectivity index (χ0n) is 18.3. The maximum atomic E-state index is 4.42. The Bertz CT molecular complexity index is 989. The summed E-state index contributed by atoms with van der Waals surface area (Å²) in [7, 11) is 1.83. The van der Waals surface area contributed by atoms with Crippen molar-refractivity contribution in [1.82, 2.24) is 30.7 Å². The second kappa shape index (κ2) is 10.2. The highest BCUT2D eigenvalue weighted by atomic mass is 15.2. The molecule has 0 atom stereocenters. The number of hydrogen-bond acceptors (Lipinski definition) is 4. The van der Waals surface area contributed by atoms with E-state index in [-0.39, 0.29) is 0 Å². The SMILES string of the molecule is CN=C(NCc1cccc(-c2ncn[nH]2)c1)NC1CCN(Cc2cccc(C)c2)CC1. The predicted octanol–water partition coefficient (Wildman–Crippen LogP) is 3.11. The summed E-state index contributed by atoms with van der Waals surface area (Å²) >= 11 is 0. The molecule has 1 aliphatic heterocycles. The molecule has 2 heterocycles. The van der Waals surface area contributed by atoms with Gasteiger partial charge in [-0.05, 0) is 37.0 Å². The summed E-state index contributed by atoms with van der Waals surface area (Å²) in [4.78, 5) is 11.2. The van der Waals surface area contributed by atoms with Crippen molar-refractivity contribution in [1.29, 1.82) is 0 Å². The zero-order valence-corrected chi connectivity index (χ0v) is 18.3. The van der Waals surface area contributed by atoms with E-state index in [1.807, 2.05) is 19.2 Å². The Kier molecular flexibility index (Phi) is 6.94. The Balaban J connectivity index is 1.24. The van der Waals surface area contributed by atoms with Gasteiger partial charge in [-0.25, -0.2) is 4.98 Å². The van der Waals surface area contributed by atoms with Crippen LogP contribution in [0.25, 0.3) is 11.4 Å². The highest BCUT2D eigenvalue weighted by Crippen LogP contribution is 2.16. The summed E-state index contributed by atoms with van der Waals surface area (Å²) < 4.78 is 0. The van der Waals surface area contributed by atoms with Gasteiger partial charge < -0.3 is 10.6 Å². The third-order valence-electron chi connectivity index (χ3n) is 5.72. The van der Waals surface area contributed by atoms with Crippen LogP contribution in [0.15, 0.2) is 59.9 Å². The number of nitrogens with zero attached hydrogens (tertiary/aromatic N) is 4. The molecule has 31 heavy (non-hydrogen) atoms. The van der Waals surface area contributed by atoms with E-state index in [1.54, 1.807) is 0 Å². The van der Waals surface area contributed by atoms with Crippen LogP contribution in [0.3, 0.4) is 0 Å². The average molecular weight is 418 g/mol. The molecule has 1 aliphatic rings. The second-order valence-electron chi connectivity index (χ2n) is 8.14. The summed E-state index contributed by atoms with van der Waals surface area (Å²) in [5.74, 6) is 1.63. The fraction of sp³-hybridized carbons (Fsp3) is 0.375. The van der Waals surface area contributed by atoms with Gasteiger partial charge in [-0.1, -0.05) is 48.0 Å². The summed E-state index contributed by atoms with van der Waals surface area (Å²) in [6.07, 6.45) is 3.76. The molecule has 4 rings (SSSR count). The van der Waals surface area contributed by atoms with Gasteiger partial charge in [0.2, 0.25) is 0 Å². The molecule has 1 saturated heterocycles. The number of piperidine rings is 1. The molecule has 0 aliphatic carbocycles. The lowest BCUT2D eigenvalue weighted by molar-refractivity contribution is 0.198. The number of nitrogens with one attached hydrogen (secondary N) is 3. The summed E-state index contributed by atoms with van der Waals surface area (Å²) in [5, 5.41) is 13.9. The predicted molar refractivity (Wildman–Crippen MR) is 125 cm³/mol. The van der Waals surface area contributed by atoms with E-state index in [9.17, 15) is 0 Å². The lowest BCUT2D eigenvalue weighted by Crippen LogP contribution is -2.48. The standard InChI is InChI=1S/C24H31N7/c1-18-5-3-7-20(13-18)16-31-11-9-22(10-12-31)29-24(25-2)26-15-19-6-4-8-21(14-19)23-27-17-28-30-23/h3-8,13-14,17,22H,9-12,15-16H2,1-2H3,(H2,25,26,29)(H,27,28,30). The number of aryl methyl sites for hydroxylation is 1. The molecular formula is C24H31N7. The third-order valence-corrected chi connectivity index (χ3v) is 5.72. The molecule has 0 unspecified atom stereocenters. The number of benzene rings is 2. The Morgan fingerprint density at radius 1 is 1.13 bits per heavy atom. The van der Waals surface area contributed by atoms with E-state index in [4.69, 9.17) is 0 Å². The van der Waals surface area contributed by atoms with Gasteiger partial charge in [0.25, 0.3) is 0 Å². The molecular weight excluding hydrogens is 386 g/mol. The number of H-pyrrole nitrogens is 1. The van der Waals surface area contributed by atoms with Gasteiger partial charge in [0.15, 0.2) is 11.8 Å². The second-order valence-corrected chi connectivity index (χ2v) is 8.14. The zero-order chi connectivity index (χ0) is 21.5. The van der Waals surface area contributed by atoms with Gasteiger partial charge in [-0.2, -0.15) is 5.10 Å². The lowest BCUT2D eigenvalue weighted by Gasteiger charge is -2.33. The monoisotopic (exact) mass is 417 g/mol. The maximum absolute atomic E-state index is 4.42. The largest absolute Gasteiger partial charge is 0.354 e. The van der Waals surface area contributed by atoms with Crippen molar-refractivity contribution < 1.29 is 0 Å². The van der Waals surface area contributed by atoms with Gasteiger partial charge in [0, 0.05) is 44.8 Å². The normalized spacial score (nSPS) is 15.7. The average Bonchev–Trinajstić information content (AvgIpc) is 3.33. The first kappa shape index (κ1) is 21.1. The van der Waals surface area contributed by atoms with Crippen LogP contribution in [-0.2, 0) is 13.1 Å². The minimum atomic E-state index is 0.445. The molecule has 2 aromatic carbocycles. The van der Waals surface area contributed by atoms with E-state index in [0.717, 1.165) is 49.8 Å². The Hall–Kier alpha value is -3.19. The van der Waals surface area contributed by atoms with Gasteiger partial charge in [-0.15, -0.1) is 0 Å². The first-order valence-corrected chi connectivity index (χ1v) is 10.9. The number of aromatic nitrogens is 3. The molecule has 3 aromatic rings. The third kappa shape index (κ3) is 5.92. The van der Waals surface area contributed by atoms with Crippen molar-refractivity contribution in [3.8, 4) is 11.4 Å². The quantitative estimate of drug-likeness (QED) is 0.424. The number of aliphatic imine (C=N–C) groups is 1. The van der Waals surface area contributed by atoms with Crippen LogP contribution >= 0.6 is 0 Å². The molecule has 0 radical (unpaired) electrons. The Morgan fingerprint density at radius 2 is 1.94 bits per heavy atom. The van der Waals surface area contributed by atoms with Crippen LogP contribution in [0, 0.1) is 6.92 Å². The number of rotatable bonds is 6. The smallest absolute Gasteiger partial charge is 0.191 e. The molecule has 1 aromatic heterocycles. The summed E-state index contributed by atoms with van der Waals surface area (Å²) in [6.45, 7) is 6.09. The number of guanidine groups is 1. The molecule has 7 heteroatoms. The highest BCUT2D eigenvalue weighted by Gasteiger charge is 2.20. The van der Waals surface area contributed by atoms with Crippen molar-refractivity contribution in [2.75, 3.05) is 20.1 Å². The number of likely N-dealkylation sites (tertiary alicyclic amines) is 1. The van der Waals surface area contributed by atoms with Crippen molar-refractivity contribution in [3.05, 3.63) is 71.5 Å². The lowest BCUT2D eigenvalue weighted by atomic mass is 10.0. The van der Waals surface area contributed by atoms with Crippen molar-refractivity contribution in [3.63, 3.8) is 0 Å². The van der Waals surface area contributed by atoms with Crippen LogP contribution < -0.4 is 10.6 Å². The molecule has 3 N–H and O–H groups in total. The van der Waals surface area contributed by atoms with Crippen LogP contribution in [-0.4, -0.2) is 52.2 Å². The molecule has 0 spiro atoms. The van der Waals surface area contributed by atoms with Gasteiger partial charge >= 0.3 is 0 Å². The molecule has 162 valence electrons. The van der Waals surface area contributed by atoms with Gasteiger partial charge in [0.05, 0.1) is 0 Å². The van der Waals surface area contributed by atoms with Crippen LogP contribution in [0.1, 0.15) is 29.5 Å². The fourth-order valence-corrected chi connectivity index (χ4v) is 4.05. The Morgan fingerprint density at radius 3 is 2.68 bits per heavy atom. The molecule has 1 fully saturated rings. The first-order valence-electron chi connectivity index (χ1n) is 10.9. The molecule has 0 bridgehead atoms. The van der Waals surface area contributed by atoms with Crippen LogP contribution in [0.5, 0.6) is 0 Å². The molecule has 0 saturated carbocycles. The van der Waals surface area contributed by atoms with E-state index < -0.39 is 0 Å². The van der Waals surface area contributed by atoms with E-state index in [0.29, 0.717) is 12.6 Å². The van der Waals surface area contributed by atoms with E-state index in [1.165, 1.54) is 23.0 Å². The topological polar surface area (TPSA) is 81.2 Å². The van der Waals surface area contributed by atoms with E-state index >= 15 is 0 Å². The minimum absolute atomic E-state index is 0.445. The van der Waals surface area contributed by atoms with Crippen molar-refractivity contribution in [2.45, 2.75) is 38.9 Å². The van der Waals surface area contributed by atoms with Crippen molar-refractivity contribution in [2.24, 2.45) is 4.99 Å². The number of hydrogen-bond donors (Lipinski definition) is 3. The van der Waals surface area contributed by atoms with Gasteiger partial charge in [0.1, 0.15) is 6.33 Å². The van der Waals surface area contributed by atoms with Crippen LogP contribution in [0.2, 0.25) is 0 Å². The minimum Gasteiger partial charge on any atom is -0.354 e. The summed E-state index contributed by atoms with van der Waals surface area (Å²) in [6, 6.07) is 17.5. The Labute approximate surface area is 184 Å². The number of aromatic amines is 1. The van der Waals surface area contributed by atoms with Crippen molar-refractivity contribution >= 4 is 5.96 Å². The molecule has 0 amide bonds. The molecule has 7 nitrogen and oxygen atoms in total. The van der Waals surface area contributed by atoms with Gasteiger partial charge in [-0.3, -0.25) is 15.0 Å². The highest BCUT2D eigenvalue weighted by molar-refractivity contribution is 5.80. The fourth-order valence-electron chi connectivity index (χ4n) is 4.05. The maximum Gasteiger partial charge on any atom is 0.191 e. The first-order chi connectivity index (χ1) is 15.2. The van der Waals surface area contributed by atoms with E-state index in [2.05, 4.69) is 79.0 Å².